The highest BCUT2D eigenvalue weighted by Gasteiger charge is 2.18. The first-order valence-electron chi connectivity index (χ1n) is 5.09. The molecule has 3 heteroatoms. The number of para-hydroxylation sites is 1. The van der Waals surface area contributed by atoms with E-state index in [2.05, 4.69) is 23.5 Å². The Hall–Kier alpha value is -1.61. The van der Waals surface area contributed by atoms with Crippen molar-refractivity contribution in [1.29, 1.82) is 0 Å². The Morgan fingerprint density at radius 3 is 2.69 bits per heavy atom. The molecule has 3 rings (SSSR count). The monoisotopic (exact) mass is 229 g/mol. The third-order valence-corrected chi connectivity index (χ3v) is 3.77. The highest BCUT2D eigenvalue weighted by molar-refractivity contribution is 7.99. The number of fused-ring (bicyclic) bond motifs is 2. The number of anilines is 2. The first-order chi connectivity index (χ1) is 7.88. The molecule has 1 N–H and O–H groups in total. The van der Waals surface area contributed by atoms with Crippen LogP contribution in [0.4, 0.5) is 11.4 Å². The van der Waals surface area contributed by atoms with Crippen LogP contribution in [0.1, 0.15) is 0 Å². The van der Waals surface area contributed by atoms with Gasteiger partial charge in [0.05, 0.1) is 23.4 Å². The second-order valence-corrected chi connectivity index (χ2v) is 4.61. The minimum Gasteiger partial charge on any atom is -0.495 e. The predicted molar refractivity (Wildman–Crippen MR) is 66.8 cm³/mol. The van der Waals surface area contributed by atoms with E-state index in [1.54, 1.807) is 18.9 Å². The normalized spacial score (nSPS) is 12.3. The van der Waals surface area contributed by atoms with Crippen LogP contribution < -0.4 is 10.1 Å². The van der Waals surface area contributed by atoms with Gasteiger partial charge in [-0.3, -0.25) is 0 Å². The number of methoxy groups -OCH3 is 1. The molecule has 0 radical (unpaired) electrons. The quantitative estimate of drug-likeness (QED) is 0.683. The maximum absolute atomic E-state index is 5.37. The summed E-state index contributed by atoms with van der Waals surface area (Å²) in [6, 6.07) is 14.3. The Kier molecular flexibility index (Phi) is 2.26. The molecule has 0 spiro atoms. The van der Waals surface area contributed by atoms with E-state index in [0.29, 0.717) is 0 Å². The van der Waals surface area contributed by atoms with Gasteiger partial charge in [-0.25, -0.2) is 0 Å². The summed E-state index contributed by atoms with van der Waals surface area (Å²) in [7, 11) is 1.71. The van der Waals surface area contributed by atoms with Crippen molar-refractivity contribution in [2.45, 2.75) is 9.79 Å². The third-order valence-electron chi connectivity index (χ3n) is 2.57. The van der Waals surface area contributed by atoms with E-state index in [1.165, 1.54) is 4.90 Å². The lowest BCUT2D eigenvalue weighted by atomic mass is 10.2. The van der Waals surface area contributed by atoms with Gasteiger partial charge in [0.25, 0.3) is 0 Å². The average Bonchev–Trinajstić information content (AvgIpc) is 2.35. The molecule has 0 bridgehead atoms. The number of benzene rings is 2. The summed E-state index contributed by atoms with van der Waals surface area (Å²) in [5.41, 5.74) is 2.27. The average molecular weight is 229 g/mol. The minimum absolute atomic E-state index is 0.921. The smallest absolute Gasteiger partial charge is 0.134 e. The van der Waals surface area contributed by atoms with Gasteiger partial charge in [0.2, 0.25) is 0 Å². The Bertz CT molecular complexity index is 539. The van der Waals surface area contributed by atoms with Crippen molar-refractivity contribution in [1.82, 2.24) is 0 Å². The first kappa shape index (κ1) is 9.60. The van der Waals surface area contributed by atoms with Crippen molar-refractivity contribution in [2.75, 3.05) is 12.4 Å². The molecule has 0 saturated heterocycles. The number of rotatable bonds is 1. The largest absolute Gasteiger partial charge is 0.495 e. The van der Waals surface area contributed by atoms with Crippen LogP contribution in [0.2, 0.25) is 0 Å². The van der Waals surface area contributed by atoms with Crippen molar-refractivity contribution in [2.24, 2.45) is 0 Å². The van der Waals surface area contributed by atoms with Crippen LogP contribution in [0.15, 0.2) is 52.3 Å². The molecule has 2 aromatic carbocycles. The molecule has 1 aliphatic heterocycles. The maximum atomic E-state index is 5.37. The molecule has 16 heavy (non-hydrogen) atoms. The van der Waals surface area contributed by atoms with Crippen molar-refractivity contribution in [3.8, 4) is 5.75 Å². The van der Waals surface area contributed by atoms with Gasteiger partial charge in [-0.2, -0.15) is 0 Å². The van der Waals surface area contributed by atoms with Gasteiger partial charge in [-0.1, -0.05) is 30.0 Å². The van der Waals surface area contributed by atoms with E-state index in [9.17, 15) is 0 Å². The van der Waals surface area contributed by atoms with E-state index in [1.807, 2.05) is 24.3 Å². The third kappa shape index (κ3) is 1.44. The number of hydrogen-bond donors (Lipinski definition) is 1. The van der Waals surface area contributed by atoms with Crippen LogP contribution in [-0.2, 0) is 0 Å². The first-order valence-corrected chi connectivity index (χ1v) is 5.91. The summed E-state index contributed by atoms with van der Waals surface area (Å²) >= 11 is 1.75. The lowest BCUT2D eigenvalue weighted by molar-refractivity contribution is 0.405. The fourth-order valence-electron chi connectivity index (χ4n) is 1.79. The molecule has 0 amide bonds. The Balaban J connectivity index is 2.12. The van der Waals surface area contributed by atoms with Crippen LogP contribution >= 0.6 is 11.8 Å². The molecule has 0 aromatic heterocycles. The molecule has 2 nitrogen and oxygen atoms in total. The minimum atomic E-state index is 0.921. The summed E-state index contributed by atoms with van der Waals surface area (Å²) in [5.74, 6) is 0.921. The van der Waals surface area contributed by atoms with E-state index < -0.39 is 0 Å². The lowest BCUT2D eigenvalue weighted by Crippen LogP contribution is -2.00. The molecule has 2 aromatic rings. The zero-order valence-corrected chi connectivity index (χ0v) is 9.67. The standard InChI is InChI=1S/C13H11NOS/c1-15-11-7-4-6-10-13(11)16-12-8-3-2-5-9(12)14-10/h2-8,14H,1H3. The fraction of sp³-hybridized carbons (Fsp3) is 0.0769. The highest BCUT2D eigenvalue weighted by atomic mass is 32.2. The second kappa shape index (κ2) is 3.76. The molecule has 1 aliphatic rings. The van der Waals surface area contributed by atoms with E-state index >= 15 is 0 Å². The topological polar surface area (TPSA) is 21.3 Å². The SMILES string of the molecule is COc1cccc2c1Sc1ccccc1N2. The summed E-state index contributed by atoms with van der Waals surface area (Å²) < 4.78 is 5.37. The van der Waals surface area contributed by atoms with Crippen LogP contribution in [0.3, 0.4) is 0 Å². The Morgan fingerprint density at radius 1 is 1.00 bits per heavy atom. The fourth-order valence-corrected chi connectivity index (χ4v) is 2.87. The van der Waals surface area contributed by atoms with Gasteiger partial charge in [-0.05, 0) is 24.3 Å². The molecule has 0 atom stereocenters. The van der Waals surface area contributed by atoms with Gasteiger partial charge in [0, 0.05) is 4.90 Å². The van der Waals surface area contributed by atoms with Crippen molar-refractivity contribution < 1.29 is 4.74 Å². The van der Waals surface area contributed by atoms with Gasteiger partial charge in [-0.15, -0.1) is 0 Å². The highest BCUT2D eigenvalue weighted by Crippen LogP contribution is 2.47. The van der Waals surface area contributed by atoms with Crippen LogP contribution in [0.5, 0.6) is 5.75 Å². The molecule has 1 heterocycles. The van der Waals surface area contributed by atoms with Crippen LogP contribution in [-0.4, -0.2) is 7.11 Å². The van der Waals surface area contributed by atoms with Gasteiger partial charge < -0.3 is 10.1 Å². The number of ether oxygens (including phenoxy) is 1. The van der Waals surface area contributed by atoms with Crippen molar-refractivity contribution >= 4 is 23.1 Å². The molecule has 0 aliphatic carbocycles. The number of hydrogen-bond acceptors (Lipinski definition) is 3. The van der Waals surface area contributed by atoms with Gasteiger partial charge in [0.15, 0.2) is 0 Å². The zero-order valence-electron chi connectivity index (χ0n) is 8.86. The molecule has 0 saturated carbocycles. The lowest BCUT2D eigenvalue weighted by Gasteiger charge is -2.22. The summed E-state index contributed by atoms with van der Waals surface area (Å²) in [6.07, 6.45) is 0. The summed E-state index contributed by atoms with van der Waals surface area (Å²) in [6.45, 7) is 0. The molecule has 0 unspecified atom stereocenters. The van der Waals surface area contributed by atoms with Crippen LogP contribution in [0, 0.1) is 0 Å². The van der Waals surface area contributed by atoms with E-state index in [0.717, 1.165) is 22.0 Å². The zero-order chi connectivity index (χ0) is 11.0. The second-order valence-electron chi connectivity index (χ2n) is 3.56. The van der Waals surface area contributed by atoms with E-state index in [-0.39, 0.29) is 0 Å². The summed E-state index contributed by atoms with van der Waals surface area (Å²) in [4.78, 5) is 2.39. The van der Waals surface area contributed by atoms with Gasteiger partial charge in [0.1, 0.15) is 5.75 Å². The van der Waals surface area contributed by atoms with E-state index in [4.69, 9.17) is 4.74 Å². The van der Waals surface area contributed by atoms with Gasteiger partial charge >= 0.3 is 0 Å². The van der Waals surface area contributed by atoms with Crippen LogP contribution in [0.25, 0.3) is 0 Å². The Morgan fingerprint density at radius 2 is 1.81 bits per heavy atom. The number of nitrogens with one attached hydrogen (secondary N) is 1. The maximum Gasteiger partial charge on any atom is 0.134 e. The molecular weight excluding hydrogens is 218 g/mol. The van der Waals surface area contributed by atoms with Crippen molar-refractivity contribution in [3.63, 3.8) is 0 Å². The summed E-state index contributed by atoms with van der Waals surface area (Å²) in [5, 5.41) is 3.41. The Labute approximate surface area is 98.6 Å². The predicted octanol–water partition coefficient (Wildman–Crippen LogP) is 3.90. The molecular formula is C13H11NOS. The van der Waals surface area contributed by atoms with Crippen molar-refractivity contribution in [3.05, 3.63) is 42.5 Å². The molecule has 80 valence electrons. The molecule has 0 fully saturated rings.